The minimum Gasteiger partial charge on any atom is -0.545 e. The normalized spacial score (nSPS) is 10.8. The number of aryl methyl sites for hydroxylation is 1. The van der Waals surface area contributed by atoms with E-state index in [1.165, 1.54) is 0 Å². The minimum absolute atomic E-state index is 0. The first-order valence-electron chi connectivity index (χ1n) is 6.28. The Labute approximate surface area is 148 Å². The number of carboxylic acids is 2. The van der Waals surface area contributed by atoms with Gasteiger partial charge in [0.1, 0.15) is 0 Å². The van der Waals surface area contributed by atoms with Crippen LogP contribution < -0.4 is 10.2 Å². The van der Waals surface area contributed by atoms with Gasteiger partial charge >= 0.3 is 37.7 Å². The van der Waals surface area contributed by atoms with Gasteiger partial charge in [-0.25, -0.2) is 0 Å². The smallest absolute Gasteiger partial charge is 0.545 e. The molecule has 0 aromatic heterocycles. The van der Waals surface area contributed by atoms with Crippen molar-refractivity contribution >= 4 is 55.2 Å². The number of benzene rings is 1. The van der Waals surface area contributed by atoms with Crippen molar-refractivity contribution in [2.24, 2.45) is 0 Å². The van der Waals surface area contributed by atoms with Crippen LogP contribution in [0.4, 0.5) is 0 Å². The predicted molar refractivity (Wildman–Crippen MR) is 73.4 cm³/mol. The molecule has 5 heteroatoms. The van der Waals surface area contributed by atoms with Crippen molar-refractivity contribution in [2.75, 3.05) is 0 Å². The molecule has 0 fully saturated rings. The SMILES string of the molecule is CCCCCc1cccc(/C(=C/C(=O)[O-])C(=O)[O-])c1.[Ca+2]. The second-order valence-corrected chi connectivity index (χ2v) is 4.32. The Bertz CT molecular complexity index is 494. The van der Waals surface area contributed by atoms with Crippen LogP contribution >= 0.6 is 0 Å². The standard InChI is InChI=1S/C15H18O4.Ca/c1-2-3-4-6-11-7-5-8-12(9-11)13(15(18)19)10-14(16)17;/h5,7-10H,2-4,6H2,1H3,(H,16,17)(H,18,19);/q;+2/p-2/b13-10-;. The van der Waals surface area contributed by atoms with E-state index in [4.69, 9.17) is 0 Å². The summed E-state index contributed by atoms with van der Waals surface area (Å²) in [5.74, 6) is -3.06. The number of hydrogen-bond acceptors (Lipinski definition) is 4. The summed E-state index contributed by atoms with van der Waals surface area (Å²) < 4.78 is 0. The molecule has 1 aromatic rings. The van der Waals surface area contributed by atoms with Crippen molar-refractivity contribution in [2.45, 2.75) is 32.6 Å². The van der Waals surface area contributed by atoms with Crippen LogP contribution in [0.2, 0.25) is 0 Å². The molecule has 4 nitrogen and oxygen atoms in total. The van der Waals surface area contributed by atoms with Crippen LogP contribution in [0.25, 0.3) is 5.57 Å². The monoisotopic (exact) mass is 300 g/mol. The molecule has 0 saturated heterocycles. The molecule has 0 aliphatic heterocycles. The van der Waals surface area contributed by atoms with Crippen LogP contribution in [0.3, 0.4) is 0 Å². The summed E-state index contributed by atoms with van der Waals surface area (Å²) in [6, 6.07) is 6.84. The molecule has 0 radical (unpaired) electrons. The molecule has 0 heterocycles. The maximum Gasteiger partial charge on any atom is 2.00 e. The summed E-state index contributed by atoms with van der Waals surface area (Å²) in [6.45, 7) is 2.10. The molecule has 0 bridgehead atoms. The van der Waals surface area contributed by atoms with Crippen molar-refractivity contribution in [3.05, 3.63) is 41.5 Å². The van der Waals surface area contributed by atoms with Gasteiger partial charge in [0.15, 0.2) is 0 Å². The molecule has 0 amide bonds. The molecule has 20 heavy (non-hydrogen) atoms. The fraction of sp³-hybridized carbons (Fsp3) is 0.333. The summed E-state index contributed by atoms with van der Waals surface area (Å²) in [4.78, 5) is 21.4. The van der Waals surface area contributed by atoms with Crippen molar-refractivity contribution in [3.63, 3.8) is 0 Å². The molecular formula is C15H16CaO4. The largest absolute Gasteiger partial charge is 2.00 e. The summed E-state index contributed by atoms with van der Waals surface area (Å²) in [7, 11) is 0. The van der Waals surface area contributed by atoms with Crippen molar-refractivity contribution in [3.8, 4) is 0 Å². The van der Waals surface area contributed by atoms with Gasteiger partial charge in [0.25, 0.3) is 0 Å². The molecule has 0 aliphatic carbocycles. The summed E-state index contributed by atoms with van der Waals surface area (Å²) in [5, 5.41) is 21.4. The van der Waals surface area contributed by atoms with Crippen LogP contribution in [0.15, 0.2) is 30.3 Å². The Hall–Kier alpha value is -0.840. The first kappa shape index (κ1) is 19.2. The molecule has 0 atom stereocenters. The third kappa shape index (κ3) is 6.55. The third-order valence-electron chi connectivity index (χ3n) is 2.79. The van der Waals surface area contributed by atoms with Gasteiger partial charge < -0.3 is 19.8 Å². The van der Waals surface area contributed by atoms with E-state index in [-0.39, 0.29) is 43.3 Å². The quantitative estimate of drug-likeness (QED) is 0.401. The zero-order chi connectivity index (χ0) is 14.3. The molecule has 1 rings (SSSR count). The summed E-state index contributed by atoms with van der Waals surface area (Å²) in [6.07, 6.45) is 4.62. The molecule has 102 valence electrons. The van der Waals surface area contributed by atoms with Gasteiger partial charge in [-0.15, -0.1) is 0 Å². The Kier molecular flexibility index (Phi) is 9.55. The van der Waals surface area contributed by atoms with Gasteiger partial charge in [0.05, 0.1) is 11.9 Å². The topological polar surface area (TPSA) is 80.3 Å². The van der Waals surface area contributed by atoms with Gasteiger partial charge in [-0.1, -0.05) is 44.0 Å². The summed E-state index contributed by atoms with van der Waals surface area (Å²) in [5.41, 5.74) is 0.951. The van der Waals surface area contributed by atoms with E-state index < -0.39 is 11.9 Å². The molecule has 0 unspecified atom stereocenters. The second-order valence-electron chi connectivity index (χ2n) is 4.32. The Morgan fingerprint density at radius 2 is 1.90 bits per heavy atom. The summed E-state index contributed by atoms with van der Waals surface area (Å²) >= 11 is 0. The van der Waals surface area contributed by atoms with Crippen LogP contribution in [-0.4, -0.2) is 49.7 Å². The zero-order valence-corrected chi connectivity index (χ0v) is 13.8. The van der Waals surface area contributed by atoms with E-state index in [1.54, 1.807) is 18.2 Å². The number of carboxylic acid groups (broad SMARTS) is 2. The van der Waals surface area contributed by atoms with Gasteiger partial charge in [0.2, 0.25) is 0 Å². The van der Waals surface area contributed by atoms with Crippen LogP contribution in [-0.2, 0) is 16.0 Å². The third-order valence-corrected chi connectivity index (χ3v) is 2.79. The van der Waals surface area contributed by atoms with Crippen molar-refractivity contribution in [1.29, 1.82) is 0 Å². The number of carbonyl (C=O) groups is 2. The minimum atomic E-state index is -1.55. The Morgan fingerprint density at radius 3 is 2.45 bits per heavy atom. The van der Waals surface area contributed by atoms with Crippen molar-refractivity contribution in [1.82, 2.24) is 0 Å². The van der Waals surface area contributed by atoms with Crippen LogP contribution in [0.1, 0.15) is 37.3 Å². The molecule has 0 aliphatic rings. The number of carbonyl (C=O) groups excluding carboxylic acids is 2. The second kappa shape index (κ2) is 9.97. The fourth-order valence-electron chi connectivity index (χ4n) is 1.85. The van der Waals surface area contributed by atoms with Gasteiger partial charge in [-0.2, -0.15) is 0 Å². The van der Waals surface area contributed by atoms with Gasteiger partial charge in [-0.3, -0.25) is 0 Å². The average molecular weight is 300 g/mol. The predicted octanol–water partition coefficient (Wildman–Crippen LogP) is -0.0783. The Morgan fingerprint density at radius 1 is 1.20 bits per heavy atom. The molecular weight excluding hydrogens is 284 g/mol. The average Bonchev–Trinajstić information content (AvgIpc) is 2.36. The molecule has 0 N–H and O–H groups in total. The van der Waals surface area contributed by atoms with E-state index in [0.717, 1.165) is 31.2 Å². The first-order chi connectivity index (χ1) is 9.04. The van der Waals surface area contributed by atoms with E-state index in [2.05, 4.69) is 6.92 Å². The van der Waals surface area contributed by atoms with E-state index >= 15 is 0 Å². The van der Waals surface area contributed by atoms with Gasteiger partial charge in [-0.05, 0) is 30.0 Å². The maximum atomic E-state index is 10.9. The van der Waals surface area contributed by atoms with E-state index in [0.29, 0.717) is 11.6 Å². The fourth-order valence-corrected chi connectivity index (χ4v) is 1.85. The van der Waals surface area contributed by atoms with Crippen LogP contribution in [0.5, 0.6) is 0 Å². The Balaban J connectivity index is 0.00000361. The number of rotatable bonds is 7. The number of aliphatic carboxylic acids is 2. The van der Waals surface area contributed by atoms with Crippen molar-refractivity contribution < 1.29 is 19.8 Å². The molecule has 1 aromatic carbocycles. The first-order valence-corrected chi connectivity index (χ1v) is 6.28. The number of unbranched alkanes of at least 4 members (excludes halogenated alkanes) is 2. The number of hydrogen-bond donors (Lipinski definition) is 0. The van der Waals surface area contributed by atoms with E-state index in [9.17, 15) is 19.8 Å². The zero-order valence-electron chi connectivity index (χ0n) is 11.6. The molecule has 0 saturated carbocycles. The van der Waals surface area contributed by atoms with E-state index in [1.807, 2.05) is 6.07 Å². The molecule has 0 spiro atoms. The van der Waals surface area contributed by atoms with Crippen LogP contribution in [0, 0.1) is 0 Å². The van der Waals surface area contributed by atoms with Gasteiger partial charge in [0, 0.05) is 5.57 Å². The maximum absolute atomic E-state index is 10.9.